The summed E-state index contributed by atoms with van der Waals surface area (Å²) in [4.78, 5) is 8.29. The maximum Gasteiger partial charge on any atom is 0.147 e. The van der Waals surface area contributed by atoms with Crippen LogP contribution >= 0.6 is 57.6 Å². The zero-order valence-electron chi connectivity index (χ0n) is 7.72. The van der Waals surface area contributed by atoms with Gasteiger partial charge >= 0.3 is 0 Å². The lowest BCUT2D eigenvalue weighted by atomic mass is 10.6. The Morgan fingerprint density at radius 2 is 1.79 bits per heavy atom. The van der Waals surface area contributed by atoms with E-state index in [9.17, 15) is 0 Å². The molecule has 1 aromatic heterocycles. The van der Waals surface area contributed by atoms with Crippen LogP contribution < -0.4 is 0 Å². The second-order valence-corrected chi connectivity index (χ2v) is 6.25. The van der Waals surface area contributed by atoms with Gasteiger partial charge in [0.2, 0.25) is 0 Å². The predicted molar refractivity (Wildman–Crippen MR) is 71.2 cm³/mol. The van der Waals surface area contributed by atoms with Crippen molar-refractivity contribution in [1.29, 1.82) is 0 Å². The molecule has 0 aliphatic heterocycles. The van der Waals surface area contributed by atoms with Crippen molar-refractivity contribution in [2.45, 2.75) is 24.9 Å². The zero-order chi connectivity index (χ0) is 10.7. The molecule has 1 rings (SSSR count). The Morgan fingerprint density at radius 1 is 1.29 bits per heavy atom. The summed E-state index contributed by atoms with van der Waals surface area (Å²) >= 11 is 15.6. The first-order chi connectivity index (χ1) is 6.50. The van der Waals surface area contributed by atoms with E-state index in [0.717, 1.165) is 5.75 Å². The summed E-state index contributed by atoms with van der Waals surface area (Å²) in [5.74, 6) is 1.44. The van der Waals surface area contributed by atoms with E-state index >= 15 is 0 Å². The molecular formula is C8H9Cl2IN2S. The molecule has 1 aromatic rings. The number of rotatable bonds is 3. The fourth-order valence-corrected chi connectivity index (χ4v) is 2.02. The Balaban J connectivity index is 2.79. The minimum atomic E-state index is 0.435. The molecule has 0 aromatic carbocycles. The molecule has 2 nitrogen and oxygen atoms in total. The molecule has 0 fully saturated rings. The van der Waals surface area contributed by atoms with E-state index in [2.05, 4.69) is 23.8 Å². The normalized spacial score (nSPS) is 11.0. The summed E-state index contributed by atoms with van der Waals surface area (Å²) in [7, 11) is 0. The Kier molecular flexibility index (Phi) is 5.24. The van der Waals surface area contributed by atoms with Gasteiger partial charge in [0, 0.05) is 0 Å². The second kappa shape index (κ2) is 5.72. The SMILES string of the molecule is CC(C)SCc1nc(Cl)c(I)c(Cl)n1. The van der Waals surface area contributed by atoms with Gasteiger partial charge in [-0.25, -0.2) is 9.97 Å². The van der Waals surface area contributed by atoms with Crippen LogP contribution in [0.25, 0.3) is 0 Å². The van der Waals surface area contributed by atoms with Gasteiger partial charge < -0.3 is 0 Å². The van der Waals surface area contributed by atoms with Crippen molar-refractivity contribution in [3.05, 3.63) is 19.7 Å². The molecule has 78 valence electrons. The van der Waals surface area contributed by atoms with Crippen molar-refractivity contribution < 1.29 is 0 Å². The van der Waals surface area contributed by atoms with Crippen LogP contribution in [-0.2, 0) is 5.75 Å². The summed E-state index contributed by atoms with van der Waals surface area (Å²) in [6.45, 7) is 4.25. The molecule has 1 heterocycles. The van der Waals surface area contributed by atoms with E-state index in [1.54, 1.807) is 11.8 Å². The van der Waals surface area contributed by atoms with E-state index in [1.807, 2.05) is 22.6 Å². The summed E-state index contributed by atoms with van der Waals surface area (Å²) in [5.41, 5.74) is 0. The average Bonchev–Trinajstić information content (AvgIpc) is 2.10. The lowest BCUT2D eigenvalue weighted by Crippen LogP contribution is -1.98. The molecular weight excluding hydrogens is 354 g/mol. The molecule has 0 amide bonds. The molecule has 0 bridgehead atoms. The van der Waals surface area contributed by atoms with Crippen molar-refractivity contribution in [3.63, 3.8) is 0 Å². The third kappa shape index (κ3) is 3.72. The van der Waals surface area contributed by atoms with Gasteiger partial charge in [-0.15, -0.1) is 0 Å². The smallest absolute Gasteiger partial charge is 0.147 e. The van der Waals surface area contributed by atoms with Gasteiger partial charge in [-0.05, 0) is 27.8 Å². The molecule has 0 spiro atoms. The molecule has 0 saturated carbocycles. The van der Waals surface area contributed by atoms with E-state index < -0.39 is 0 Å². The third-order valence-electron chi connectivity index (χ3n) is 1.36. The fourth-order valence-electron chi connectivity index (χ4n) is 0.741. The number of thioether (sulfide) groups is 1. The van der Waals surface area contributed by atoms with E-state index in [1.165, 1.54) is 0 Å². The second-order valence-electron chi connectivity index (χ2n) is 2.90. The highest BCUT2D eigenvalue weighted by Crippen LogP contribution is 2.24. The minimum Gasteiger partial charge on any atom is -0.219 e. The first-order valence-electron chi connectivity index (χ1n) is 3.99. The maximum absolute atomic E-state index is 5.88. The number of halogens is 3. The highest BCUT2D eigenvalue weighted by atomic mass is 127. The van der Waals surface area contributed by atoms with Gasteiger partial charge in [-0.2, -0.15) is 11.8 Å². The summed E-state index contributed by atoms with van der Waals surface area (Å²) in [6, 6.07) is 0. The first-order valence-corrected chi connectivity index (χ1v) is 6.88. The van der Waals surface area contributed by atoms with Crippen molar-refractivity contribution in [3.8, 4) is 0 Å². The Bertz CT molecular complexity index is 310. The van der Waals surface area contributed by atoms with Crippen LogP contribution in [-0.4, -0.2) is 15.2 Å². The molecule has 6 heteroatoms. The summed E-state index contributed by atoms with van der Waals surface area (Å²) in [6.07, 6.45) is 0. The van der Waals surface area contributed by atoms with E-state index in [0.29, 0.717) is 25.0 Å². The maximum atomic E-state index is 5.88. The fraction of sp³-hybridized carbons (Fsp3) is 0.500. The highest BCUT2D eigenvalue weighted by Gasteiger charge is 2.09. The monoisotopic (exact) mass is 362 g/mol. The highest BCUT2D eigenvalue weighted by molar-refractivity contribution is 14.1. The van der Waals surface area contributed by atoms with Gasteiger partial charge in [0.05, 0.1) is 9.32 Å². The van der Waals surface area contributed by atoms with Crippen molar-refractivity contribution in [1.82, 2.24) is 9.97 Å². The van der Waals surface area contributed by atoms with Crippen LogP contribution in [0.2, 0.25) is 10.3 Å². The van der Waals surface area contributed by atoms with Gasteiger partial charge in [0.1, 0.15) is 16.1 Å². The van der Waals surface area contributed by atoms with Crippen molar-refractivity contribution >= 4 is 57.6 Å². The number of nitrogens with zero attached hydrogens (tertiary/aromatic N) is 2. The van der Waals surface area contributed by atoms with Gasteiger partial charge in [-0.1, -0.05) is 37.0 Å². The molecule has 14 heavy (non-hydrogen) atoms. The molecule has 0 saturated heterocycles. The summed E-state index contributed by atoms with van der Waals surface area (Å²) in [5, 5.41) is 1.42. The van der Waals surface area contributed by atoms with Crippen LogP contribution in [0.3, 0.4) is 0 Å². The lowest BCUT2D eigenvalue weighted by molar-refractivity contribution is 1.01. The van der Waals surface area contributed by atoms with Crippen LogP contribution in [0.4, 0.5) is 0 Å². The molecule has 0 atom stereocenters. The molecule has 0 aliphatic carbocycles. The van der Waals surface area contributed by atoms with Crippen LogP contribution in [0, 0.1) is 3.57 Å². The number of hydrogen-bond acceptors (Lipinski definition) is 3. The zero-order valence-corrected chi connectivity index (χ0v) is 12.2. The lowest BCUT2D eigenvalue weighted by Gasteiger charge is -2.05. The minimum absolute atomic E-state index is 0.435. The van der Waals surface area contributed by atoms with Crippen molar-refractivity contribution in [2.75, 3.05) is 0 Å². The average molecular weight is 363 g/mol. The van der Waals surface area contributed by atoms with Crippen LogP contribution in [0.15, 0.2) is 0 Å². The Hall–Kier alpha value is 0.740. The Morgan fingerprint density at radius 3 is 2.21 bits per heavy atom. The molecule has 0 unspecified atom stereocenters. The molecule has 0 radical (unpaired) electrons. The third-order valence-corrected chi connectivity index (χ3v) is 4.66. The van der Waals surface area contributed by atoms with Gasteiger partial charge in [-0.3, -0.25) is 0 Å². The van der Waals surface area contributed by atoms with Crippen molar-refractivity contribution in [2.24, 2.45) is 0 Å². The van der Waals surface area contributed by atoms with E-state index in [4.69, 9.17) is 23.2 Å². The quantitative estimate of drug-likeness (QED) is 0.599. The number of aromatic nitrogens is 2. The van der Waals surface area contributed by atoms with Gasteiger partial charge in [0.25, 0.3) is 0 Å². The predicted octanol–water partition coefficient (Wildman–Crippen LogP) is 4.03. The summed E-state index contributed by atoms with van der Waals surface area (Å²) < 4.78 is 0.712. The molecule has 0 N–H and O–H groups in total. The molecule has 0 aliphatic rings. The van der Waals surface area contributed by atoms with Crippen LogP contribution in [0.1, 0.15) is 19.7 Å². The van der Waals surface area contributed by atoms with E-state index in [-0.39, 0.29) is 0 Å². The topological polar surface area (TPSA) is 25.8 Å². The van der Waals surface area contributed by atoms with Gasteiger partial charge in [0.15, 0.2) is 0 Å². The van der Waals surface area contributed by atoms with Crippen LogP contribution in [0.5, 0.6) is 0 Å². The Labute approximate surface area is 111 Å². The first kappa shape index (κ1) is 12.8. The largest absolute Gasteiger partial charge is 0.219 e. The standard InChI is InChI=1S/C8H9Cl2IN2S/c1-4(2)14-3-5-12-7(9)6(11)8(10)13-5/h4H,3H2,1-2H3. The number of hydrogen-bond donors (Lipinski definition) is 0.